The number of alkyl halides is 3. The highest BCUT2D eigenvalue weighted by atomic mass is 32.2. The van der Waals surface area contributed by atoms with Crippen LogP contribution in [0.25, 0.3) is 11.0 Å². The van der Waals surface area contributed by atoms with Gasteiger partial charge in [0.1, 0.15) is 21.7 Å². The lowest BCUT2D eigenvalue weighted by atomic mass is 10.0. The van der Waals surface area contributed by atoms with Crippen LogP contribution in [0.5, 0.6) is 0 Å². The highest BCUT2D eigenvalue weighted by molar-refractivity contribution is 7.99. The summed E-state index contributed by atoms with van der Waals surface area (Å²) >= 11 is -0.385. The van der Waals surface area contributed by atoms with Gasteiger partial charge >= 0.3 is 6.18 Å². The molecule has 0 saturated carbocycles. The first-order chi connectivity index (χ1) is 12.8. The van der Waals surface area contributed by atoms with Crippen molar-refractivity contribution in [3.8, 4) is 0 Å². The quantitative estimate of drug-likeness (QED) is 0.363. The van der Waals surface area contributed by atoms with E-state index in [1.165, 1.54) is 25.6 Å². The molecule has 1 unspecified atom stereocenters. The molecule has 2 aromatic rings. The number of fused-ring (bicyclic) bond motifs is 1. The Morgan fingerprint density at radius 3 is 2.39 bits per heavy atom. The summed E-state index contributed by atoms with van der Waals surface area (Å²) in [7, 11) is 0. The molecule has 1 aromatic heterocycles. The minimum absolute atomic E-state index is 0.0116. The first-order valence-corrected chi connectivity index (χ1v) is 10.7. The summed E-state index contributed by atoms with van der Waals surface area (Å²) in [6.07, 6.45) is -4.65. The van der Waals surface area contributed by atoms with E-state index in [1.807, 2.05) is 6.92 Å². The molecule has 1 heterocycles. The van der Waals surface area contributed by atoms with Crippen LogP contribution in [-0.2, 0) is 17.5 Å². The Morgan fingerprint density at radius 1 is 1.29 bits per heavy atom. The summed E-state index contributed by atoms with van der Waals surface area (Å²) in [6, 6.07) is 1.69. The van der Waals surface area contributed by atoms with Gasteiger partial charge in [0, 0.05) is 11.1 Å². The number of benzene rings is 1. The second-order valence-electron chi connectivity index (χ2n) is 7.21. The Kier molecular flexibility index (Phi) is 6.62. The van der Waals surface area contributed by atoms with E-state index in [0.29, 0.717) is 10.8 Å². The molecule has 0 spiro atoms. The zero-order valence-corrected chi connectivity index (χ0v) is 18.1. The minimum Gasteiger partial charge on any atom is -0.591 e. The molecule has 0 fully saturated rings. The van der Waals surface area contributed by atoms with E-state index in [-0.39, 0.29) is 27.8 Å². The maximum absolute atomic E-state index is 13.4. The van der Waals surface area contributed by atoms with Gasteiger partial charge in [-0.1, -0.05) is 23.1 Å². The van der Waals surface area contributed by atoms with Crippen LogP contribution in [0.3, 0.4) is 0 Å². The van der Waals surface area contributed by atoms with Crippen molar-refractivity contribution in [3.63, 3.8) is 0 Å². The van der Waals surface area contributed by atoms with Crippen molar-refractivity contribution in [2.24, 2.45) is 4.40 Å². The van der Waals surface area contributed by atoms with Gasteiger partial charge in [0.15, 0.2) is 10.5 Å². The Labute approximate surface area is 168 Å². The van der Waals surface area contributed by atoms with Crippen LogP contribution in [0, 0.1) is 6.92 Å². The molecule has 1 aromatic carbocycles. The van der Waals surface area contributed by atoms with Gasteiger partial charge in [-0.25, -0.2) is 0 Å². The third-order valence-electron chi connectivity index (χ3n) is 3.91. The lowest BCUT2D eigenvalue weighted by molar-refractivity contribution is -0.137. The Balaban J connectivity index is 2.88. The van der Waals surface area contributed by atoms with E-state index in [0.717, 1.165) is 12.1 Å². The van der Waals surface area contributed by atoms with E-state index in [9.17, 15) is 22.5 Å². The zero-order valence-electron chi connectivity index (χ0n) is 16.5. The third kappa shape index (κ3) is 4.75. The van der Waals surface area contributed by atoms with Crippen LogP contribution < -0.4 is 5.43 Å². The van der Waals surface area contributed by atoms with E-state index in [1.54, 1.807) is 20.8 Å². The number of hydrogen-bond donors (Lipinski definition) is 0. The molecule has 28 heavy (non-hydrogen) atoms. The number of hydrogen-bond acceptors (Lipinski definition) is 5. The van der Waals surface area contributed by atoms with Crippen molar-refractivity contribution in [1.29, 1.82) is 0 Å². The maximum atomic E-state index is 13.4. The Hall–Kier alpha value is -1.45. The van der Waals surface area contributed by atoms with Crippen LogP contribution in [-0.4, -0.2) is 20.8 Å². The predicted molar refractivity (Wildman–Crippen MR) is 109 cm³/mol. The Bertz CT molecular complexity index is 976. The SMILES string of the molecule is CCSc1oc2c(C(C)=N[S+]([O-])C(C)(C)C)cc(C(F)(F)F)cc2c(=O)c1C. The van der Waals surface area contributed by atoms with Crippen LogP contribution in [0.1, 0.15) is 51.3 Å². The fraction of sp³-hybridized carbons (Fsp3) is 0.474. The fourth-order valence-corrected chi connectivity index (χ4v) is 3.72. The topological polar surface area (TPSA) is 65.6 Å². The first-order valence-electron chi connectivity index (χ1n) is 8.56. The summed E-state index contributed by atoms with van der Waals surface area (Å²) in [4.78, 5) is 12.7. The number of rotatable bonds is 4. The molecule has 0 bridgehead atoms. The molecule has 0 aliphatic rings. The largest absolute Gasteiger partial charge is 0.591 e. The van der Waals surface area contributed by atoms with Gasteiger partial charge < -0.3 is 8.97 Å². The number of nitrogens with zero attached hydrogens (tertiary/aromatic N) is 1. The minimum atomic E-state index is -4.65. The van der Waals surface area contributed by atoms with Crippen molar-refractivity contribution in [2.45, 2.75) is 57.6 Å². The smallest absolute Gasteiger partial charge is 0.416 e. The molecule has 1 atom stereocenters. The lowest BCUT2D eigenvalue weighted by Crippen LogP contribution is -2.26. The summed E-state index contributed by atoms with van der Waals surface area (Å²) < 4.78 is 61.8. The van der Waals surface area contributed by atoms with Crippen molar-refractivity contribution in [2.75, 3.05) is 5.75 Å². The van der Waals surface area contributed by atoms with Gasteiger partial charge in [-0.3, -0.25) is 4.79 Å². The van der Waals surface area contributed by atoms with Crippen LogP contribution in [0.15, 0.2) is 30.8 Å². The summed E-state index contributed by atoms with van der Waals surface area (Å²) in [5.41, 5.74) is -1.09. The zero-order chi connectivity index (χ0) is 21.4. The molecular weight excluding hydrogens is 411 g/mol. The normalized spacial score (nSPS) is 14.6. The lowest BCUT2D eigenvalue weighted by Gasteiger charge is -2.19. The van der Waals surface area contributed by atoms with E-state index >= 15 is 0 Å². The molecule has 0 amide bonds. The monoisotopic (exact) mass is 433 g/mol. The Morgan fingerprint density at radius 2 is 1.89 bits per heavy atom. The highest BCUT2D eigenvalue weighted by Gasteiger charge is 2.33. The van der Waals surface area contributed by atoms with Gasteiger partial charge in [0.05, 0.1) is 16.7 Å². The average Bonchev–Trinajstić information content (AvgIpc) is 2.57. The fourth-order valence-electron chi connectivity index (χ4n) is 2.38. The molecule has 0 aliphatic carbocycles. The first kappa shape index (κ1) is 22.8. The standard InChI is InChI=1S/C19H22F3NO3S2/c1-7-27-17-10(2)15(24)14-9-12(19(20,21)22)8-13(16(14)26-17)11(3)23-28(25)18(4,5)6/h8-9H,7H2,1-6H3. The summed E-state index contributed by atoms with van der Waals surface area (Å²) in [5.74, 6) is 0.631. The predicted octanol–water partition coefficient (Wildman–Crippen LogP) is 5.50. The van der Waals surface area contributed by atoms with E-state index in [4.69, 9.17) is 4.42 Å². The van der Waals surface area contributed by atoms with Gasteiger partial charge in [-0.05, 0) is 52.5 Å². The average molecular weight is 434 g/mol. The second-order valence-corrected chi connectivity index (χ2v) is 10.4. The van der Waals surface area contributed by atoms with E-state index < -0.39 is 33.3 Å². The molecule has 0 radical (unpaired) electrons. The second kappa shape index (κ2) is 8.12. The van der Waals surface area contributed by atoms with Gasteiger partial charge in [-0.2, -0.15) is 13.2 Å². The van der Waals surface area contributed by atoms with Crippen molar-refractivity contribution >= 4 is 39.8 Å². The molecule has 2 rings (SSSR count). The van der Waals surface area contributed by atoms with Crippen LogP contribution in [0.4, 0.5) is 13.2 Å². The molecule has 4 nitrogen and oxygen atoms in total. The van der Waals surface area contributed by atoms with Gasteiger partial charge in [0.25, 0.3) is 0 Å². The highest BCUT2D eigenvalue weighted by Crippen LogP contribution is 2.35. The van der Waals surface area contributed by atoms with E-state index in [2.05, 4.69) is 4.40 Å². The molecule has 0 N–H and O–H groups in total. The van der Waals surface area contributed by atoms with Crippen LogP contribution in [0.2, 0.25) is 0 Å². The maximum Gasteiger partial charge on any atom is 0.416 e. The van der Waals surface area contributed by atoms with Gasteiger partial charge in [0.2, 0.25) is 0 Å². The molecule has 154 valence electrons. The molecule has 0 aliphatic heterocycles. The van der Waals surface area contributed by atoms with Crippen molar-refractivity contribution in [1.82, 2.24) is 0 Å². The summed E-state index contributed by atoms with van der Waals surface area (Å²) in [5, 5.41) is 0.185. The van der Waals surface area contributed by atoms with Crippen LogP contribution >= 0.6 is 11.8 Å². The van der Waals surface area contributed by atoms with Crippen molar-refractivity contribution < 1.29 is 22.1 Å². The number of halogens is 3. The summed E-state index contributed by atoms with van der Waals surface area (Å²) in [6.45, 7) is 10.0. The third-order valence-corrected chi connectivity index (χ3v) is 6.34. The van der Waals surface area contributed by atoms with Crippen molar-refractivity contribution in [3.05, 3.63) is 39.0 Å². The number of thioether (sulfide) groups is 1. The molecule has 0 saturated heterocycles. The molecule has 9 heteroatoms. The van der Waals surface area contributed by atoms with Gasteiger partial charge in [-0.15, -0.1) is 0 Å². The molecular formula is C19H22F3NO3S2.